The van der Waals surface area contributed by atoms with Crippen molar-refractivity contribution in [3.8, 4) is 34.0 Å². The molecule has 10 heterocycles. The number of fused-ring (bicyclic) bond motifs is 4. The van der Waals surface area contributed by atoms with Crippen molar-refractivity contribution in [2.24, 2.45) is 11.8 Å². The maximum absolute atomic E-state index is 14.3. The second-order valence-electron chi connectivity index (χ2n) is 33.1. The fourth-order valence-electron chi connectivity index (χ4n) is 16.5. The lowest BCUT2D eigenvalue weighted by Gasteiger charge is -2.32. The van der Waals surface area contributed by atoms with E-state index in [0.29, 0.717) is 83.5 Å². The molecule has 660 valence electrons. The van der Waals surface area contributed by atoms with Crippen LogP contribution in [0.2, 0.25) is 0 Å². The number of esters is 1. The van der Waals surface area contributed by atoms with Crippen molar-refractivity contribution >= 4 is 98.2 Å². The van der Waals surface area contributed by atoms with Crippen molar-refractivity contribution in [1.29, 1.82) is 0 Å². The molecule has 4 saturated heterocycles. The highest BCUT2D eigenvalue weighted by molar-refractivity contribution is 6.25. The molecule has 2 unspecified atom stereocenters. The van der Waals surface area contributed by atoms with E-state index in [0.717, 1.165) is 131 Å². The van der Waals surface area contributed by atoms with Crippen LogP contribution in [-0.2, 0) is 47.5 Å². The Kier molecular flexibility index (Phi) is 27.4. The summed E-state index contributed by atoms with van der Waals surface area (Å²) in [4.78, 5) is 159. The molecule has 6 N–H and O–H groups in total. The number of hydrogen-bond donors (Lipinski definition) is 6. The van der Waals surface area contributed by atoms with Gasteiger partial charge in [0, 0.05) is 117 Å². The average molecular weight is 1730 g/mol. The summed E-state index contributed by atoms with van der Waals surface area (Å²) in [5.74, 6) is -5.09. The van der Waals surface area contributed by atoms with E-state index in [2.05, 4.69) is 61.6 Å². The van der Waals surface area contributed by atoms with E-state index in [1.807, 2.05) is 26.8 Å². The average Bonchev–Trinajstić information content (AvgIpc) is 1.66. The molecule has 0 bridgehead atoms. The van der Waals surface area contributed by atoms with Crippen molar-refractivity contribution < 1.29 is 97.7 Å². The van der Waals surface area contributed by atoms with E-state index in [1.165, 1.54) is 55.1 Å². The van der Waals surface area contributed by atoms with Gasteiger partial charge in [0.25, 0.3) is 35.4 Å². The predicted octanol–water partition coefficient (Wildman–Crippen LogP) is 12.7. The van der Waals surface area contributed by atoms with Crippen LogP contribution >= 0.6 is 0 Å². The number of benzene rings is 4. The number of ether oxygens (including phenoxy) is 3. The predicted molar refractivity (Wildman–Crippen MR) is 446 cm³/mol. The number of hydrogen-bond acceptors (Lipinski definition) is 22. The van der Waals surface area contributed by atoms with Gasteiger partial charge in [0.15, 0.2) is 0 Å². The highest BCUT2D eigenvalue weighted by Gasteiger charge is 2.48. The number of likely N-dealkylation sites (tertiary alicyclic amines) is 2. The number of halogens is 7. The number of aromatic nitrogens is 4. The lowest BCUT2D eigenvalue weighted by atomic mass is 9.87. The van der Waals surface area contributed by atoms with E-state index in [9.17, 15) is 83.5 Å². The maximum Gasteiger partial charge on any atom is 0.417 e. The van der Waals surface area contributed by atoms with Crippen molar-refractivity contribution in [2.75, 3.05) is 77.2 Å². The SMILES string of the molecule is C.CNc1c(C(=O)NC2CC2)cnc2cc(C(F)(F)F)c(-c3ccc(OCCCN4CCC(CC(=O)OC(C)(C)C)CC4)nc3)cc12.CNc1c(C(=O)NC2CC2)cnc2cc(C(F)(F)F)c(-c3ccc(OCCCN4CCC(Cc5cccc6c5C(=O)N(C5CCC(=O)NC5=O)C6=O)CC4)nc3)cc12.O=C1CCC(N2C(=O)c3cccc(F)c3C2=O)C(=O)N1. The Balaban J connectivity index is 0.000000177. The van der Waals surface area contributed by atoms with E-state index in [-0.39, 0.29) is 124 Å². The third-order valence-electron chi connectivity index (χ3n) is 23.0. The summed E-state index contributed by atoms with van der Waals surface area (Å²) >= 11 is 0. The molecule has 0 spiro atoms. The van der Waals surface area contributed by atoms with Crippen molar-refractivity contribution in [1.82, 2.24) is 60.8 Å². The van der Waals surface area contributed by atoms with Crippen LogP contribution in [0.4, 0.5) is 42.1 Å². The molecule has 2 saturated carbocycles. The molecule has 35 heteroatoms. The Labute approximate surface area is 715 Å². The molecule has 6 fully saturated rings. The zero-order chi connectivity index (χ0) is 88.2. The fourth-order valence-corrected chi connectivity index (χ4v) is 16.5. The molecule has 0 radical (unpaired) electrons. The van der Waals surface area contributed by atoms with Crippen LogP contribution in [0.1, 0.15) is 203 Å². The molecule has 2 atom stereocenters. The Morgan fingerprint density at radius 2 is 0.936 bits per heavy atom. The van der Waals surface area contributed by atoms with Gasteiger partial charge in [0.1, 0.15) is 23.5 Å². The number of nitrogens with one attached hydrogen (secondary N) is 6. The Morgan fingerprint density at radius 1 is 0.504 bits per heavy atom. The minimum atomic E-state index is -4.67. The zero-order valence-corrected chi connectivity index (χ0v) is 68.8. The minimum absolute atomic E-state index is 0. The molecular formula is C90H97F7N14O14. The number of piperidine rings is 4. The van der Waals surface area contributed by atoms with Crippen molar-refractivity contribution in [3.05, 3.63) is 166 Å². The van der Waals surface area contributed by atoms with E-state index in [4.69, 9.17) is 14.2 Å². The van der Waals surface area contributed by atoms with E-state index >= 15 is 0 Å². The lowest BCUT2D eigenvalue weighted by Crippen LogP contribution is -2.54. The smallest absolute Gasteiger partial charge is 0.417 e. The number of carbonyl (C=O) groups excluding carboxylic acids is 11. The van der Waals surface area contributed by atoms with Crippen LogP contribution in [0.25, 0.3) is 44.1 Å². The summed E-state index contributed by atoms with van der Waals surface area (Å²) in [5.41, 5.74) is 0.808. The third kappa shape index (κ3) is 21.0. The number of carbonyl (C=O) groups is 11. The molecular weight excluding hydrogens is 1630 g/mol. The van der Waals surface area contributed by atoms with Crippen LogP contribution in [-0.4, -0.2) is 201 Å². The van der Waals surface area contributed by atoms with Gasteiger partial charge in [-0.2, -0.15) is 26.3 Å². The normalized spacial score (nSPS) is 18.4. The number of amides is 10. The first-order valence-corrected chi connectivity index (χ1v) is 41.4. The second kappa shape index (κ2) is 38.0. The van der Waals surface area contributed by atoms with Gasteiger partial charge in [-0.3, -0.25) is 83.1 Å². The molecule has 6 aliphatic heterocycles. The van der Waals surface area contributed by atoms with Crippen molar-refractivity contribution in [2.45, 2.75) is 173 Å². The zero-order valence-electron chi connectivity index (χ0n) is 68.8. The first-order chi connectivity index (χ1) is 59.2. The van der Waals surface area contributed by atoms with Gasteiger partial charge in [-0.25, -0.2) is 14.4 Å². The standard InChI is InChI=1S/C42H42F3N7O6.C34H42F3N5O4.C13H9FN2O4.CH4/c1-46-37-29-19-28(31(42(43,44)45)20-32(29)47-22-30(37)38(54)49-26-7-8-26)25-6-11-35(48-21-25)58-17-3-14-51-15-12-23(13-16-51)18-24-4-2-5-27-36(24)41(57)52(40(27)56)33-9-10-34(53)50-39(33)55;1-33(2,3)46-30(43)16-21-10-13-42(14-11-21)12-5-15-45-29-9-6-22(19-40-29)24-17-25-28(18-27(24)34(35,36)37)39-20-26(31(25)38-4)32(44)41-23-7-8-23;14-7-3-1-2-6-10(7)13(20)16(12(6)19)8-4-5-9(17)15-11(8)18;/h2,4-6,11,19-23,26,33H,3,7-10,12-18H2,1H3,(H,46,47)(H,49,54)(H,50,53,55);6,9,17-21,23H,5,7-8,10-16H2,1-4H3,(H,38,39)(H,41,44);1-3,8H,4-5H2,(H,15,17,18);1H4. The van der Waals surface area contributed by atoms with Gasteiger partial charge < -0.3 is 45.3 Å². The Hall–Kier alpha value is -12.4. The molecule has 4 aromatic carbocycles. The van der Waals surface area contributed by atoms with Gasteiger partial charge in [-0.05, 0) is 214 Å². The number of alkyl halides is 6. The van der Waals surface area contributed by atoms with Crippen LogP contribution < -0.4 is 41.4 Å². The number of rotatable bonds is 24. The molecule has 16 rings (SSSR count). The van der Waals surface area contributed by atoms with Crippen LogP contribution in [0, 0.1) is 17.7 Å². The highest BCUT2D eigenvalue weighted by Crippen LogP contribution is 2.45. The molecule has 125 heavy (non-hydrogen) atoms. The van der Waals surface area contributed by atoms with Gasteiger partial charge >= 0.3 is 18.3 Å². The van der Waals surface area contributed by atoms with Crippen LogP contribution in [0.15, 0.2) is 110 Å². The molecule has 8 aromatic rings. The maximum atomic E-state index is 14.3. The number of anilines is 2. The summed E-state index contributed by atoms with van der Waals surface area (Å²) in [6, 6.07) is 18.2. The van der Waals surface area contributed by atoms with E-state index < -0.39 is 94.2 Å². The number of pyridine rings is 4. The highest BCUT2D eigenvalue weighted by atomic mass is 19.4. The Bertz CT molecular complexity index is 5510. The molecule has 4 aromatic heterocycles. The summed E-state index contributed by atoms with van der Waals surface area (Å²) < 4.78 is 116. The first-order valence-electron chi connectivity index (χ1n) is 41.4. The Morgan fingerprint density at radius 3 is 1.34 bits per heavy atom. The van der Waals surface area contributed by atoms with Crippen LogP contribution in [0.3, 0.4) is 0 Å². The molecule has 10 amide bonds. The molecule has 28 nitrogen and oxygen atoms in total. The summed E-state index contributed by atoms with van der Waals surface area (Å²) in [7, 11) is 3.24. The minimum Gasteiger partial charge on any atom is -0.478 e. The monoisotopic (exact) mass is 1730 g/mol. The lowest BCUT2D eigenvalue weighted by molar-refractivity contribution is -0.156. The van der Waals surface area contributed by atoms with Gasteiger partial charge in [-0.1, -0.05) is 25.6 Å². The summed E-state index contributed by atoms with van der Waals surface area (Å²) in [6.45, 7) is 11.5. The summed E-state index contributed by atoms with van der Waals surface area (Å²) in [6.07, 6.45) is 6.10. The fraction of sp³-hybridized carbons (Fsp3) is 0.433. The quantitative estimate of drug-likeness (QED) is 0.0142. The molecule has 2 aliphatic carbocycles. The molecule has 8 aliphatic rings. The topological polar surface area (TPSA) is 352 Å². The number of nitrogens with zero attached hydrogens (tertiary/aromatic N) is 8. The number of imide groups is 4. The van der Waals surface area contributed by atoms with Gasteiger partial charge in [-0.15, -0.1) is 0 Å². The summed E-state index contributed by atoms with van der Waals surface area (Å²) in [5, 5.41) is 16.9. The van der Waals surface area contributed by atoms with Gasteiger partial charge in [0.05, 0.1) is 80.1 Å². The first kappa shape index (κ1) is 90.3. The largest absolute Gasteiger partial charge is 0.478 e. The van der Waals surface area contributed by atoms with Crippen molar-refractivity contribution in [3.63, 3.8) is 0 Å². The third-order valence-corrected chi connectivity index (χ3v) is 23.0. The van der Waals surface area contributed by atoms with E-state index in [1.54, 1.807) is 44.4 Å². The van der Waals surface area contributed by atoms with Crippen LogP contribution in [0.5, 0.6) is 11.8 Å². The second-order valence-corrected chi connectivity index (χ2v) is 33.1. The van der Waals surface area contributed by atoms with Gasteiger partial charge in [0.2, 0.25) is 35.4 Å².